The third kappa shape index (κ3) is 3.83. The molecule has 1 aliphatic carbocycles. The number of halogens is 1. The van der Waals surface area contributed by atoms with Crippen LogP contribution in [-0.2, 0) is 0 Å². The van der Waals surface area contributed by atoms with Crippen LogP contribution in [0.3, 0.4) is 0 Å². The van der Waals surface area contributed by atoms with E-state index in [0.717, 1.165) is 24.2 Å². The Morgan fingerprint density at radius 3 is 2.47 bits per heavy atom. The highest BCUT2D eigenvalue weighted by atomic mass is 35.5. The van der Waals surface area contributed by atoms with Crippen molar-refractivity contribution >= 4 is 28.8 Å². The van der Waals surface area contributed by atoms with Gasteiger partial charge in [0.25, 0.3) is 0 Å². The van der Waals surface area contributed by atoms with Crippen LogP contribution < -0.4 is 10.5 Å². The summed E-state index contributed by atoms with van der Waals surface area (Å²) in [5.41, 5.74) is 6.47. The maximum atomic E-state index is 6.12. The maximum absolute atomic E-state index is 6.12. The first-order valence-electron chi connectivity index (χ1n) is 6.71. The molecule has 0 spiro atoms. The zero-order chi connectivity index (χ0) is 14.0. The molecule has 2 unspecified atom stereocenters. The molecule has 0 amide bonds. The smallest absolute Gasteiger partial charge is 0.129 e. The van der Waals surface area contributed by atoms with Crippen LogP contribution in [0.1, 0.15) is 38.7 Å². The van der Waals surface area contributed by atoms with E-state index in [-0.39, 0.29) is 6.10 Å². The number of benzene rings is 1. The van der Waals surface area contributed by atoms with Crippen LogP contribution in [0.25, 0.3) is 0 Å². The third-order valence-corrected chi connectivity index (χ3v) is 4.09. The molecule has 0 heterocycles. The number of thiocarbonyl (C=S) groups is 1. The van der Waals surface area contributed by atoms with E-state index in [1.165, 1.54) is 6.42 Å². The van der Waals surface area contributed by atoms with E-state index in [1.54, 1.807) is 6.07 Å². The summed E-state index contributed by atoms with van der Waals surface area (Å²) >= 11 is 11.0. The molecular weight excluding hydrogens is 278 g/mol. The van der Waals surface area contributed by atoms with Gasteiger partial charge in [0.05, 0.1) is 11.7 Å². The zero-order valence-corrected chi connectivity index (χ0v) is 12.9. The van der Waals surface area contributed by atoms with E-state index >= 15 is 0 Å². The van der Waals surface area contributed by atoms with E-state index in [0.29, 0.717) is 21.8 Å². The summed E-state index contributed by atoms with van der Waals surface area (Å²) in [4.78, 5) is 0.328. The highest BCUT2D eigenvalue weighted by Crippen LogP contribution is 2.33. The summed E-state index contributed by atoms with van der Waals surface area (Å²) in [6.45, 7) is 4.56. The van der Waals surface area contributed by atoms with Crippen molar-refractivity contribution in [1.29, 1.82) is 0 Å². The molecule has 0 aliphatic heterocycles. The SMILES string of the molecule is CC1CC(C)CC(Oc2ccc(Cl)cc2C(N)=S)C1. The molecule has 0 bridgehead atoms. The quantitative estimate of drug-likeness (QED) is 0.850. The summed E-state index contributed by atoms with van der Waals surface area (Å²) in [7, 11) is 0. The Morgan fingerprint density at radius 2 is 1.89 bits per heavy atom. The second-order valence-electron chi connectivity index (χ2n) is 5.66. The van der Waals surface area contributed by atoms with Gasteiger partial charge in [0, 0.05) is 5.02 Å². The molecule has 19 heavy (non-hydrogen) atoms. The van der Waals surface area contributed by atoms with Crippen LogP contribution in [0.4, 0.5) is 0 Å². The maximum Gasteiger partial charge on any atom is 0.129 e. The molecular formula is C15H20ClNOS. The summed E-state index contributed by atoms with van der Waals surface area (Å²) < 4.78 is 6.12. The average Bonchev–Trinajstić information content (AvgIpc) is 2.30. The molecule has 0 radical (unpaired) electrons. The molecule has 104 valence electrons. The Balaban J connectivity index is 2.16. The minimum Gasteiger partial charge on any atom is -0.490 e. The molecule has 1 fully saturated rings. The molecule has 1 aromatic carbocycles. The van der Waals surface area contributed by atoms with Gasteiger partial charge in [-0.15, -0.1) is 0 Å². The van der Waals surface area contributed by atoms with Gasteiger partial charge < -0.3 is 10.5 Å². The Morgan fingerprint density at radius 1 is 1.26 bits per heavy atom. The number of hydrogen-bond acceptors (Lipinski definition) is 2. The summed E-state index contributed by atoms with van der Waals surface area (Å²) in [6, 6.07) is 5.45. The number of hydrogen-bond donors (Lipinski definition) is 1. The summed E-state index contributed by atoms with van der Waals surface area (Å²) in [5, 5.41) is 0.625. The van der Waals surface area contributed by atoms with Crippen molar-refractivity contribution in [1.82, 2.24) is 0 Å². The van der Waals surface area contributed by atoms with Crippen molar-refractivity contribution in [2.45, 2.75) is 39.2 Å². The van der Waals surface area contributed by atoms with Gasteiger partial charge >= 0.3 is 0 Å². The van der Waals surface area contributed by atoms with Gasteiger partial charge in [-0.1, -0.05) is 37.7 Å². The number of rotatable bonds is 3. The fourth-order valence-corrected chi connectivity index (χ4v) is 3.28. The van der Waals surface area contributed by atoms with Crippen molar-refractivity contribution in [2.75, 3.05) is 0 Å². The van der Waals surface area contributed by atoms with Crippen molar-refractivity contribution in [3.63, 3.8) is 0 Å². The molecule has 4 heteroatoms. The summed E-state index contributed by atoms with van der Waals surface area (Å²) in [6.07, 6.45) is 3.70. The fraction of sp³-hybridized carbons (Fsp3) is 0.533. The predicted molar refractivity (Wildman–Crippen MR) is 83.9 cm³/mol. The average molecular weight is 298 g/mol. The van der Waals surface area contributed by atoms with Crippen LogP contribution >= 0.6 is 23.8 Å². The van der Waals surface area contributed by atoms with E-state index < -0.39 is 0 Å². The molecule has 2 atom stereocenters. The van der Waals surface area contributed by atoms with Crippen molar-refractivity contribution in [3.8, 4) is 5.75 Å². The number of nitrogens with two attached hydrogens (primary N) is 1. The van der Waals surface area contributed by atoms with Crippen LogP contribution in [-0.4, -0.2) is 11.1 Å². The van der Waals surface area contributed by atoms with Gasteiger partial charge in [0.15, 0.2) is 0 Å². The van der Waals surface area contributed by atoms with Crippen LogP contribution in [0, 0.1) is 11.8 Å². The van der Waals surface area contributed by atoms with E-state index in [1.807, 2.05) is 12.1 Å². The zero-order valence-electron chi connectivity index (χ0n) is 11.4. The van der Waals surface area contributed by atoms with Crippen molar-refractivity contribution in [3.05, 3.63) is 28.8 Å². The van der Waals surface area contributed by atoms with E-state index in [4.69, 9.17) is 34.3 Å². The van der Waals surface area contributed by atoms with Crippen LogP contribution in [0.15, 0.2) is 18.2 Å². The van der Waals surface area contributed by atoms with Gasteiger partial charge in [-0.3, -0.25) is 0 Å². The first-order chi connectivity index (χ1) is 8.95. The third-order valence-electron chi connectivity index (χ3n) is 3.64. The fourth-order valence-electron chi connectivity index (χ4n) is 2.95. The van der Waals surface area contributed by atoms with Gasteiger partial charge in [-0.25, -0.2) is 0 Å². The topological polar surface area (TPSA) is 35.2 Å². The lowest BCUT2D eigenvalue weighted by atomic mass is 9.82. The van der Waals surface area contributed by atoms with Gasteiger partial charge in [-0.2, -0.15) is 0 Å². The minimum absolute atomic E-state index is 0.244. The van der Waals surface area contributed by atoms with E-state index in [2.05, 4.69) is 13.8 Å². The molecule has 1 aliphatic rings. The lowest BCUT2D eigenvalue weighted by Crippen LogP contribution is -2.29. The highest BCUT2D eigenvalue weighted by molar-refractivity contribution is 7.80. The molecule has 2 rings (SSSR count). The largest absolute Gasteiger partial charge is 0.490 e. The van der Waals surface area contributed by atoms with Gasteiger partial charge in [-0.05, 0) is 49.3 Å². The van der Waals surface area contributed by atoms with Crippen LogP contribution in [0.5, 0.6) is 5.75 Å². The Kier molecular flexibility index (Phi) is 4.69. The lowest BCUT2D eigenvalue weighted by molar-refractivity contribution is 0.101. The normalized spacial score (nSPS) is 27.0. The monoisotopic (exact) mass is 297 g/mol. The molecule has 1 saturated carbocycles. The highest BCUT2D eigenvalue weighted by Gasteiger charge is 2.26. The predicted octanol–water partition coefficient (Wildman–Crippen LogP) is 4.18. The van der Waals surface area contributed by atoms with Crippen molar-refractivity contribution < 1.29 is 4.74 Å². The summed E-state index contributed by atoms with van der Waals surface area (Å²) in [5.74, 6) is 2.16. The standard InChI is InChI=1S/C15H20ClNOS/c1-9-5-10(2)7-12(6-9)18-14-4-3-11(16)8-13(14)15(17)19/h3-4,8-10,12H,5-7H2,1-2H3,(H2,17,19). The van der Waals surface area contributed by atoms with Gasteiger partial charge in [0.2, 0.25) is 0 Å². The van der Waals surface area contributed by atoms with Crippen molar-refractivity contribution in [2.24, 2.45) is 17.6 Å². The Hall–Kier alpha value is -0.800. The second-order valence-corrected chi connectivity index (χ2v) is 6.54. The van der Waals surface area contributed by atoms with Gasteiger partial charge in [0.1, 0.15) is 10.7 Å². The first kappa shape index (κ1) is 14.6. The minimum atomic E-state index is 0.244. The molecule has 1 aromatic rings. The Labute approximate surface area is 125 Å². The first-order valence-corrected chi connectivity index (χ1v) is 7.50. The van der Waals surface area contributed by atoms with E-state index in [9.17, 15) is 0 Å². The Bertz CT molecular complexity index is 467. The molecule has 0 aromatic heterocycles. The second kappa shape index (κ2) is 6.10. The molecule has 0 saturated heterocycles. The lowest BCUT2D eigenvalue weighted by Gasteiger charge is -2.32. The number of ether oxygens (including phenoxy) is 1. The molecule has 2 N–H and O–H groups in total. The molecule has 2 nitrogen and oxygen atoms in total. The van der Waals surface area contributed by atoms with Crippen LogP contribution in [0.2, 0.25) is 5.02 Å².